The van der Waals surface area contributed by atoms with E-state index in [4.69, 9.17) is 4.74 Å². The van der Waals surface area contributed by atoms with Crippen LogP contribution in [0.4, 0.5) is 0 Å². The summed E-state index contributed by atoms with van der Waals surface area (Å²) in [6, 6.07) is 7.94. The zero-order chi connectivity index (χ0) is 16.5. The van der Waals surface area contributed by atoms with E-state index >= 15 is 0 Å². The molecule has 1 amide bonds. The number of carbonyl (C=O) groups is 1. The molecule has 2 rings (SSSR count). The summed E-state index contributed by atoms with van der Waals surface area (Å²) in [4.78, 5) is 12.4. The number of nitrogens with one attached hydrogen (secondary N) is 2. The third kappa shape index (κ3) is 5.52. The number of methoxy groups -OCH3 is 1. The van der Waals surface area contributed by atoms with Crippen LogP contribution in [0.5, 0.6) is 0 Å². The number of piperidine rings is 1. The fourth-order valence-corrected chi connectivity index (χ4v) is 3.61. The first-order valence-electron chi connectivity index (χ1n) is 8.34. The molecule has 0 spiro atoms. The lowest BCUT2D eigenvalue weighted by Gasteiger charge is -2.37. The van der Waals surface area contributed by atoms with Crippen molar-refractivity contribution in [3.63, 3.8) is 0 Å². The molecule has 0 aromatic heterocycles. The van der Waals surface area contributed by atoms with Crippen LogP contribution in [0.2, 0.25) is 0 Å². The van der Waals surface area contributed by atoms with Crippen LogP contribution >= 0.6 is 11.8 Å². The van der Waals surface area contributed by atoms with Gasteiger partial charge in [0.05, 0.1) is 6.61 Å². The van der Waals surface area contributed by atoms with Gasteiger partial charge in [0.15, 0.2) is 0 Å². The summed E-state index contributed by atoms with van der Waals surface area (Å²) < 4.78 is 5.39. The molecular formula is C18H28N2O2S. The number of rotatable bonds is 8. The summed E-state index contributed by atoms with van der Waals surface area (Å²) in [7, 11) is 1.73. The van der Waals surface area contributed by atoms with Crippen LogP contribution in [0.1, 0.15) is 35.7 Å². The molecule has 1 saturated heterocycles. The predicted octanol–water partition coefficient (Wildman–Crippen LogP) is 2.69. The van der Waals surface area contributed by atoms with E-state index in [0.29, 0.717) is 13.2 Å². The Bertz CT molecular complexity index is 479. The van der Waals surface area contributed by atoms with E-state index in [2.05, 4.69) is 17.6 Å². The predicted molar refractivity (Wildman–Crippen MR) is 97.0 cm³/mol. The minimum Gasteiger partial charge on any atom is -0.384 e. The largest absolute Gasteiger partial charge is 0.384 e. The van der Waals surface area contributed by atoms with Crippen molar-refractivity contribution < 1.29 is 9.53 Å². The number of hydrogen-bond acceptors (Lipinski definition) is 4. The Hall–Kier alpha value is -1.04. The molecule has 1 aromatic rings. The third-order valence-electron chi connectivity index (χ3n) is 4.43. The topological polar surface area (TPSA) is 50.4 Å². The van der Waals surface area contributed by atoms with Gasteiger partial charge in [0.1, 0.15) is 0 Å². The van der Waals surface area contributed by atoms with E-state index in [9.17, 15) is 4.79 Å². The van der Waals surface area contributed by atoms with E-state index in [1.165, 1.54) is 5.56 Å². The fraction of sp³-hybridized carbons (Fsp3) is 0.611. The number of benzene rings is 1. The van der Waals surface area contributed by atoms with Gasteiger partial charge in [0.25, 0.3) is 5.91 Å². The van der Waals surface area contributed by atoms with Gasteiger partial charge in [-0.25, -0.2) is 0 Å². The van der Waals surface area contributed by atoms with Crippen LogP contribution in [0.3, 0.4) is 0 Å². The standard InChI is InChI=1S/C18H28N2O2S/c1-3-23-12-15-4-6-16(7-5-15)17(21)20-13-18(14-22-2)8-10-19-11-9-18/h4-7,19H,3,8-14H2,1-2H3,(H,20,21). The summed E-state index contributed by atoms with van der Waals surface area (Å²) >= 11 is 1.89. The number of ether oxygens (including phenoxy) is 1. The van der Waals surface area contributed by atoms with Crippen LogP contribution in [0, 0.1) is 5.41 Å². The highest BCUT2D eigenvalue weighted by atomic mass is 32.2. The Kier molecular flexibility index (Phi) is 7.40. The lowest BCUT2D eigenvalue weighted by atomic mass is 9.79. The zero-order valence-corrected chi connectivity index (χ0v) is 15.0. The minimum absolute atomic E-state index is 0.00806. The second kappa shape index (κ2) is 9.30. The van der Waals surface area contributed by atoms with Crippen molar-refractivity contribution in [1.82, 2.24) is 10.6 Å². The van der Waals surface area contributed by atoms with Gasteiger partial charge in [-0.15, -0.1) is 0 Å². The second-order valence-corrected chi connectivity index (χ2v) is 7.47. The maximum absolute atomic E-state index is 12.4. The monoisotopic (exact) mass is 336 g/mol. The summed E-state index contributed by atoms with van der Waals surface area (Å²) in [6.45, 7) is 5.51. The normalized spacial score (nSPS) is 17.0. The molecule has 2 N–H and O–H groups in total. The van der Waals surface area contributed by atoms with Crippen molar-refractivity contribution in [2.24, 2.45) is 5.41 Å². The lowest BCUT2D eigenvalue weighted by Crippen LogP contribution is -2.47. The number of hydrogen-bond donors (Lipinski definition) is 2. The summed E-state index contributed by atoms with van der Waals surface area (Å²) in [5.74, 6) is 2.12. The highest BCUT2D eigenvalue weighted by Gasteiger charge is 2.32. The van der Waals surface area contributed by atoms with Gasteiger partial charge in [-0.2, -0.15) is 11.8 Å². The van der Waals surface area contributed by atoms with Gasteiger partial charge >= 0.3 is 0 Å². The highest BCUT2D eigenvalue weighted by molar-refractivity contribution is 7.98. The van der Waals surface area contributed by atoms with Gasteiger partial charge in [0, 0.05) is 30.4 Å². The molecule has 0 atom stereocenters. The molecule has 0 radical (unpaired) electrons. The van der Waals surface area contributed by atoms with E-state index in [-0.39, 0.29) is 11.3 Å². The van der Waals surface area contributed by atoms with Gasteiger partial charge < -0.3 is 15.4 Å². The summed E-state index contributed by atoms with van der Waals surface area (Å²) in [5, 5.41) is 6.47. The summed E-state index contributed by atoms with van der Waals surface area (Å²) in [5.41, 5.74) is 2.06. The van der Waals surface area contributed by atoms with E-state index in [1.54, 1.807) is 7.11 Å². The van der Waals surface area contributed by atoms with Crippen molar-refractivity contribution in [3.8, 4) is 0 Å². The molecular weight excluding hydrogens is 308 g/mol. The maximum atomic E-state index is 12.4. The average Bonchev–Trinajstić information content (AvgIpc) is 2.59. The molecule has 5 heteroatoms. The van der Waals surface area contributed by atoms with E-state index in [0.717, 1.165) is 43.0 Å². The van der Waals surface area contributed by atoms with Gasteiger partial charge in [-0.05, 0) is 49.4 Å². The second-order valence-electron chi connectivity index (χ2n) is 6.20. The SMILES string of the molecule is CCSCc1ccc(C(=O)NCC2(COC)CCNCC2)cc1. The third-order valence-corrected chi connectivity index (χ3v) is 5.37. The van der Waals surface area contributed by atoms with Crippen molar-refractivity contribution in [3.05, 3.63) is 35.4 Å². The molecule has 1 aliphatic rings. The Labute approximate surface area is 143 Å². The fourth-order valence-electron chi connectivity index (χ4n) is 2.98. The molecule has 1 fully saturated rings. The van der Waals surface area contributed by atoms with Crippen molar-refractivity contribution in [1.29, 1.82) is 0 Å². The number of thioether (sulfide) groups is 1. The van der Waals surface area contributed by atoms with Crippen molar-refractivity contribution in [2.75, 3.05) is 39.1 Å². The quantitative estimate of drug-likeness (QED) is 0.766. The molecule has 4 nitrogen and oxygen atoms in total. The molecule has 1 heterocycles. The van der Waals surface area contributed by atoms with Crippen molar-refractivity contribution >= 4 is 17.7 Å². The van der Waals surface area contributed by atoms with E-state index in [1.807, 2.05) is 36.0 Å². The molecule has 1 aromatic carbocycles. The molecule has 23 heavy (non-hydrogen) atoms. The van der Waals surface area contributed by atoms with Crippen LogP contribution in [0.15, 0.2) is 24.3 Å². The van der Waals surface area contributed by atoms with Crippen LogP contribution in [-0.2, 0) is 10.5 Å². The van der Waals surface area contributed by atoms with Crippen molar-refractivity contribution in [2.45, 2.75) is 25.5 Å². The minimum atomic E-state index is 0.00806. The molecule has 1 aliphatic heterocycles. The van der Waals surface area contributed by atoms with E-state index < -0.39 is 0 Å². The Morgan fingerprint density at radius 1 is 1.30 bits per heavy atom. The molecule has 0 unspecified atom stereocenters. The Morgan fingerprint density at radius 3 is 2.61 bits per heavy atom. The Balaban J connectivity index is 1.90. The molecule has 0 aliphatic carbocycles. The first-order valence-corrected chi connectivity index (χ1v) is 9.49. The van der Waals surface area contributed by atoms with Crippen LogP contribution < -0.4 is 10.6 Å². The maximum Gasteiger partial charge on any atom is 0.251 e. The number of carbonyl (C=O) groups excluding carboxylic acids is 1. The zero-order valence-electron chi connectivity index (χ0n) is 14.2. The Morgan fingerprint density at radius 2 is 2.00 bits per heavy atom. The van der Waals surface area contributed by atoms with Gasteiger partial charge in [-0.1, -0.05) is 19.1 Å². The first kappa shape index (κ1) is 18.3. The molecule has 128 valence electrons. The van der Waals surface area contributed by atoms with Crippen LogP contribution in [-0.4, -0.2) is 45.0 Å². The van der Waals surface area contributed by atoms with Gasteiger partial charge in [0.2, 0.25) is 0 Å². The average molecular weight is 337 g/mol. The molecule has 0 saturated carbocycles. The molecule has 0 bridgehead atoms. The number of amides is 1. The summed E-state index contributed by atoms with van der Waals surface area (Å²) in [6.07, 6.45) is 2.07. The van der Waals surface area contributed by atoms with Gasteiger partial charge in [-0.3, -0.25) is 4.79 Å². The lowest BCUT2D eigenvalue weighted by molar-refractivity contribution is 0.0512. The van der Waals surface area contributed by atoms with Crippen LogP contribution in [0.25, 0.3) is 0 Å². The first-order chi connectivity index (χ1) is 11.2. The highest BCUT2D eigenvalue weighted by Crippen LogP contribution is 2.28. The smallest absolute Gasteiger partial charge is 0.251 e.